The van der Waals surface area contributed by atoms with Gasteiger partial charge in [0.15, 0.2) is 0 Å². The van der Waals surface area contributed by atoms with Gasteiger partial charge >= 0.3 is 0 Å². The Hall–Kier alpha value is -1.88. The molecular formula is C20H32N2O3. The SMILES string of the molecule is C[C@H](NC(=O)C(C)(C)C)C(=O)NC[C@H](O)c1ccc(C(C)(C)C)cc1. The van der Waals surface area contributed by atoms with Crippen LogP contribution in [0.4, 0.5) is 0 Å². The van der Waals surface area contributed by atoms with Crippen molar-refractivity contribution in [3.8, 4) is 0 Å². The smallest absolute Gasteiger partial charge is 0.242 e. The Bertz CT molecular complexity index is 595. The van der Waals surface area contributed by atoms with Crippen LogP contribution in [-0.2, 0) is 15.0 Å². The summed E-state index contributed by atoms with van der Waals surface area (Å²) < 4.78 is 0. The molecular weight excluding hydrogens is 316 g/mol. The van der Waals surface area contributed by atoms with Gasteiger partial charge < -0.3 is 15.7 Å². The van der Waals surface area contributed by atoms with E-state index in [2.05, 4.69) is 31.4 Å². The highest BCUT2D eigenvalue weighted by atomic mass is 16.3. The summed E-state index contributed by atoms with van der Waals surface area (Å²) in [6.45, 7) is 13.5. The van der Waals surface area contributed by atoms with E-state index in [1.165, 1.54) is 5.56 Å². The van der Waals surface area contributed by atoms with Crippen molar-refractivity contribution in [3.05, 3.63) is 35.4 Å². The Morgan fingerprint density at radius 3 is 2.00 bits per heavy atom. The molecule has 2 atom stereocenters. The Balaban J connectivity index is 2.56. The number of aliphatic hydroxyl groups excluding tert-OH is 1. The fourth-order valence-corrected chi connectivity index (χ4v) is 2.15. The van der Waals surface area contributed by atoms with Gasteiger partial charge in [-0.25, -0.2) is 0 Å². The first-order chi connectivity index (χ1) is 11.3. The maximum absolute atomic E-state index is 12.1. The van der Waals surface area contributed by atoms with Gasteiger partial charge in [-0.3, -0.25) is 9.59 Å². The van der Waals surface area contributed by atoms with Crippen molar-refractivity contribution in [2.75, 3.05) is 6.54 Å². The van der Waals surface area contributed by atoms with Gasteiger partial charge in [-0.15, -0.1) is 0 Å². The number of nitrogens with one attached hydrogen (secondary N) is 2. The molecule has 25 heavy (non-hydrogen) atoms. The average molecular weight is 348 g/mol. The number of aliphatic hydroxyl groups is 1. The van der Waals surface area contributed by atoms with Crippen molar-refractivity contribution in [1.29, 1.82) is 0 Å². The third-order valence-corrected chi connectivity index (χ3v) is 4.05. The molecule has 3 N–H and O–H groups in total. The molecule has 0 bridgehead atoms. The Morgan fingerprint density at radius 2 is 1.56 bits per heavy atom. The minimum Gasteiger partial charge on any atom is -0.387 e. The van der Waals surface area contributed by atoms with E-state index in [9.17, 15) is 14.7 Å². The quantitative estimate of drug-likeness (QED) is 0.765. The topological polar surface area (TPSA) is 78.4 Å². The first-order valence-corrected chi connectivity index (χ1v) is 8.69. The molecule has 0 unspecified atom stereocenters. The second kappa shape index (κ2) is 8.00. The van der Waals surface area contributed by atoms with Gasteiger partial charge in [-0.05, 0) is 23.5 Å². The summed E-state index contributed by atoms with van der Waals surface area (Å²) in [4.78, 5) is 24.0. The monoisotopic (exact) mass is 348 g/mol. The molecule has 0 aliphatic carbocycles. The molecule has 1 rings (SSSR count). The van der Waals surface area contributed by atoms with E-state index >= 15 is 0 Å². The molecule has 0 saturated carbocycles. The minimum absolute atomic E-state index is 0.0540. The lowest BCUT2D eigenvalue weighted by Gasteiger charge is -2.22. The van der Waals surface area contributed by atoms with Crippen LogP contribution in [0.1, 0.15) is 65.7 Å². The second-order valence-corrected chi connectivity index (χ2v) is 8.58. The van der Waals surface area contributed by atoms with Crippen molar-refractivity contribution in [1.82, 2.24) is 10.6 Å². The summed E-state index contributed by atoms with van der Waals surface area (Å²) in [5, 5.41) is 15.6. The van der Waals surface area contributed by atoms with E-state index in [1.807, 2.05) is 24.3 Å². The van der Waals surface area contributed by atoms with E-state index in [1.54, 1.807) is 27.7 Å². The maximum atomic E-state index is 12.1. The minimum atomic E-state index is -0.788. The van der Waals surface area contributed by atoms with Crippen LogP contribution in [-0.4, -0.2) is 29.5 Å². The number of carbonyl (C=O) groups excluding carboxylic acids is 2. The standard InChI is InChI=1S/C20H32N2O3/c1-13(22-18(25)20(5,6)7)17(24)21-12-16(23)14-8-10-15(11-9-14)19(2,3)4/h8-11,13,16,23H,12H2,1-7H3,(H,21,24)(H,22,25)/t13-,16-/m0/s1. The molecule has 0 saturated heterocycles. The van der Waals surface area contributed by atoms with Crippen LogP contribution in [0, 0.1) is 5.41 Å². The number of hydrogen-bond donors (Lipinski definition) is 3. The number of benzene rings is 1. The molecule has 5 heteroatoms. The molecule has 0 spiro atoms. The molecule has 2 amide bonds. The Kier molecular flexibility index (Phi) is 6.77. The fourth-order valence-electron chi connectivity index (χ4n) is 2.15. The van der Waals surface area contributed by atoms with Crippen LogP contribution in [0.25, 0.3) is 0 Å². The Morgan fingerprint density at radius 1 is 1.04 bits per heavy atom. The summed E-state index contributed by atoms with van der Waals surface area (Å²) in [5.74, 6) is -0.503. The van der Waals surface area contributed by atoms with Gasteiger partial charge in [0.1, 0.15) is 6.04 Å². The zero-order valence-corrected chi connectivity index (χ0v) is 16.4. The molecule has 1 aromatic carbocycles. The van der Waals surface area contributed by atoms with Crippen LogP contribution in [0.3, 0.4) is 0 Å². The van der Waals surface area contributed by atoms with Crippen LogP contribution >= 0.6 is 0 Å². The predicted molar refractivity (Wildman–Crippen MR) is 100 cm³/mol. The largest absolute Gasteiger partial charge is 0.387 e. The van der Waals surface area contributed by atoms with E-state index in [4.69, 9.17) is 0 Å². The third-order valence-electron chi connectivity index (χ3n) is 4.05. The molecule has 5 nitrogen and oxygen atoms in total. The molecule has 0 heterocycles. The summed E-state index contributed by atoms with van der Waals surface area (Å²) in [5.41, 5.74) is 1.44. The molecule has 0 radical (unpaired) electrons. The summed E-state index contributed by atoms with van der Waals surface area (Å²) in [7, 11) is 0. The van der Waals surface area contributed by atoms with Crippen molar-refractivity contribution in [2.45, 2.75) is 66.0 Å². The first-order valence-electron chi connectivity index (χ1n) is 8.69. The number of amides is 2. The normalized spacial score (nSPS) is 14.6. The summed E-state index contributed by atoms with van der Waals surface area (Å²) in [6.07, 6.45) is -0.788. The van der Waals surface area contributed by atoms with Gasteiger partial charge in [0.25, 0.3) is 0 Å². The predicted octanol–water partition coefficient (Wildman–Crippen LogP) is 2.68. The van der Waals surface area contributed by atoms with Crippen LogP contribution < -0.4 is 10.6 Å². The summed E-state index contributed by atoms with van der Waals surface area (Å²) in [6, 6.07) is 7.09. The van der Waals surface area contributed by atoms with Crippen molar-refractivity contribution >= 4 is 11.8 Å². The highest BCUT2D eigenvalue weighted by Gasteiger charge is 2.25. The molecule has 0 fully saturated rings. The van der Waals surface area contributed by atoms with Gasteiger partial charge in [-0.2, -0.15) is 0 Å². The van der Waals surface area contributed by atoms with Gasteiger partial charge in [-0.1, -0.05) is 65.8 Å². The van der Waals surface area contributed by atoms with Gasteiger partial charge in [0, 0.05) is 12.0 Å². The van der Waals surface area contributed by atoms with Gasteiger partial charge in [0.2, 0.25) is 11.8 Å². The molecule has 0 aliphatic rings. The molecule has 0 aromatic heterocycles. The lowest BCUT2D eigenvalue weighted by molar-refractivity contribution is -0.133. The number of carbonyl (C=O) groups is 2. The lowest BCUT2D eigenvalue weighted by Crippen LogP contribution is -2.48. The van der Waals surface area contributed by atoms with Crippen molar-refractivity contribution in [3.63, 3.8) is 0 Å². The summed E-state index contributed by atoms with van der Waals surface area (Å²) >= 11 is 0. The molecule has 140 valence electrons. The van der Waals surface area contributed by atoms with E-state index in [0.717, 1.165) is 5.56 Å². The van der Waals surface area contributed by atoms with E-state index < -0.39 is 17.6 Å². The molecule has 0 aliphatic heterocycles. The van der Waals surface area contributed by atoms with Crippen molar-refractivity contribution < 1.29 is 14.7 Å². The third kappa shape index (κ3) is 6.50. The second-order valence-electron chi connectivity index (χ2n) is 8.58. The average Bonchev–Trinajstić information content (AvgIpc) is 2.50. The lowest BCUT2D eigenvalue weighted by atomic mass is 9.86. The number of rotatable bonds is 5. The Labute approximate surface area is 151 Å². The maximum Gasteiger partial charge on any atom is 0.242 e. The fraction of sp³-hybridized carbons (Fsp3) is 0.600. The van der Waals surface area contributed by atoms with Crippen LogP contribution in [0.15, 0.2) is 24.3 Å². The zero-order valence-electron chi connectivity index (χ0n) is 16.4. The van der Waals surface area contributed by atoms with Crippen molar-refractivity contribution in [2.24, 2.45) is 5.41 Å². The van der Waals surface area contributed by atoms with E-state index in [-0.39, 0.29) is 23.8 Å². The number of hydrogen-bond acceptors (Lipinski definition) is 3. The highest BCUT2D eigenvalue weighted by molar-refractivity contribution is 5.89. The highest BCUT2D eigenvalue weighted by Crippen LogP contribution is 2.23. The zero-order chi connectivity index (χ0) is 19.4. The first kappa shape index (κ1) is 21.2. The van der Waals surface area contributed by atoms with E-state index in [0.29, 0.717) is 0 Å². The van der Waals surface area contributed by atoms with Gasteiger partial charge in [0.05, 0.1) is 6.10 Å². The van der Waals surface area contributed by atoms with Crippen LogP contribution in [0.2, 0.25) is 0 Å². The van der Waals surface area contributed by atoms with Crippen LogP contribution in [0.5, 0.6) is 0 Å². The molecule has 1 aromatic rings.